The third-order valence-corrected chi connectivity index (χ3v) is 6.77. The van der Waals surface area contributed by atoms with Gasteiger partial charge in [-0.1, -0.05) is 47.3 Å². The monoisotopic (exact) mass is 552 g/mol. The molecule has 192 valence electrons. The normalized spacial score (nSPS) is 17.5. The third-order valence-electron chi connectivity index (χ3n) is 6.28. The number of aliphatic hydroxyl groups excluding tert-OH is 1. The SMILES string of the molecule is CC(C)(C)OC(=O)N[C@@H](Cc1cc(F)cc(F)c1)C(O)CNC1(c2cccc(Br)c2)CCCCC1. The molecule has 1 aliphatic carbocycles. The average Bonchev–Trinajstić information content (AvgIpc) is 2.76. The van der Waals surface area contributed by atoms with Gasteiger partial charge in [0.1, 0.15) is 17.2 Å². The number of alkyl carbamates (subject to hydrolysis) is 1. The Morgan fingerprint density at radius 2 is 1.77 bits per heavy atom. The molecular weight excluding hydrogens is 518 g/mol. The lowest BCUT2D eigenvalue weighted by atomic mass is 9.76. The first-order valence-corrected chi connectivity index (χ1v) is 12.9. The van der Waals surface area contributed by atoms with Gasteiger partial charge in [-0.2, -0.15) is 0 Å². The Kier molecular flexibility index (Phi) is 9.29. The molecule has 0 saturated heterocycles. The van der Waals surface area contributed by atoms with Gasteiger partial charge in [-0.05, 0) is 75.4 Å². The predicted molar refractivity (Wildman–Crippen MR) is 136 cm³/mol. The molecule has 0 aromatic heterocycles. The van der Waals surface area contributed by atoms with Crippen molar-refractivity contribution in [1.29, 1.82) is 0 Å². The first kappa shape index (κ1) is 27.6. The lowest BCUT2D eigenvalue weighted by Gasteiger charge is -2.40. The minimum Gasteiger partial charge on any atom is -0.444 e. The minimum absolute atomic E-state index is 0.0423. The van der Waals surface area contributed by atoms with Crippen LogP contribution in [0.4, 0.5) is 13.6 Å². The molecule has 2 atom stereocenters. The van der Waals surface area contributed by atoms with E-state index < -0.39 is 35.5 Å². The first-order valence-electron chi connectivity index (χ1n) is 12.1. The van der Waals surface area contributed by atoms with Gasteiger partial charge in [0.2, 0.25) is 0 Å². The molecule has 2 aromatic rings. The number of hydrogen-bond acceptors (Lipinski definition) is 4. The summed E-state index contributed by atoms with van der Waals surface area (Å²) >= 11 is 3.56. The van der Waals surface area contributed by atoms with E-state index in [0.717, 1.165) is 48.2 Å². The summed E-state index contributed by atoms with van der Waals surface area (Å²) in [6.45, 7) is 5.41. The molecule has 0 bridgehead atoms. The van der Waals surface area contributed by atoms with Crippen molar-refractivity contribution in [1.82, 2.24) is 10.6 Å². The number of benzene rings is 2. The van der Waals surface area contributed by atoms with Crippen LogP contribution in [-0.4, -0.2) is 35.5 Å². The van der Waals surface area contributed by atoms with Gasteiger partial charge >= 0.3 is 6.09 Å². The highest BCUT2D eigenvalue weighted by atomic mass is 79.9. The highest BCUT2D eigenvalue weighted by molar-refractivity contribution is 9.10. The summed E-state index contributed by atoms with van der Waals surface area (Å²) in [5.74, 6) is -1.42. The number of aliphatic hydroxyl groups is 1. The van der Waals surface area contributed by atoms with Crippen molar-refractivity contribution in [2.24, 2.45) is 0 Å². The second-order valence-corrected chi connectivity index (χ2v) is 11.3. The van der Waals surface area contributed by atoms with Gasteiger partial charge < -0.3 is 20.5 Å². The van der Waals surface area contributed by atoms with Gasteiger partial charge in [-0.25, -0.2) is 13.6 Å². The van der Waals surface area contributed by atoms with E-state index in [9.17, 15) is 18.7 Å². The maximum Gasteiger partial charge on any atom is 0.407 e. The zero-order chi connectivity index (χ0) is 25.6. The molecule has 2 aromatic carbocycles. The van der Waals surface area contributed by atoms with E-state index in [1.54, 1.807) is 20.8 Å². The van der Waals surface area contributed by atoms with Crippen LogP contribution < -0.4 is 10.6 Å². The van der Waals surface area contributed by atoms with Crippen LogP contribution in [0.3, 0.4) is 0 Å². The van der Waals surface area contributed by atoms with Crippen molar-refractivity contribution in [3.05, 3.63) is 69.7 Å². The highest BCUT2D eigenvalue weighted by Gasteiger charge is 2.35. The standard InChI is InChI=1S/C27H35BrF2N2O3/c1-26(2,3)35-25(34)32-23(14-18-12-21(29)16-22(30)13-18)24(33)17-31-27(10-5-4-6-11-27)19-8-7-9-20(28)15-19/h7-9,12-13,15-16,23-24,31,33H,4-6,10-11,14,17H2,1-3H3,(H,32,34)/t23-,24?/m0/s1. The maximum atomic E-state index is 13.8. The molecule has 3 N–H and O–H groups in total. The second-order valence-electron chi connectivity index (χ2n) is 10.3. The van der Waals surface area contributed by atoms with Crippen molar-refractivity contribution in [3.63, 3.8) is 0 Å². The summed E-state index contributed by atoms with van der Waals surface area (Å²) in [5, 5.41) is 17.5. The molecule has 1 saturated carbocycles. The van der Waals surface area contributed by atoms with Crippen molar-refractivity contribution < 1.29 is 23.4 Å². The molecule has 0 aliphatic heterocycles. The van der Waals surface area contributed by atoms with Crippen LogP contribution in [-0.2, 0) is 16.7 Å². The van der Waals surface area contributed by atoms with E-state index >= 15 is 0 Å². The Labute approximate surface area is 214 Å². The molecule has 1 unspecified atom stereocenters. The average molecular weight is 553 g/mol. The molecule has 8 heteroatoms. The predicted octanol–water partition coefficient (Wildman–Crippen LogP) is 5.97. The molecule has 0 radical (unpaired) electrons. The summed E-state index contributed by atoms with van der Waals surface area (Å²) in [6.07, 6.45) is 3.47. The Hall–Kier alpha value is -2.03. The molecular formula is C27H35BrF2N2O3. The van der Waals surface area contributed by atoms with Crippen molar-refractivity contribution in [2.45, 2.75) is 82.6 Å². The minimum atomic E-state index is -1.03. The second kappa shape index (κ2) is 11.8. The van der Waals surface area contributed by atoms with Gasteiger partial charge in [-0.3, -0.25) is 0 Å². The van der Waals surface area contributed by atoms with E-state index in [1.807, 2.05) is 12.1 Å². The number of carbonyl (C=O) groups excluding carboxylic acids is 1. The maximum absolute atomic E-state index is 13.8. The highest BCUT2D eigenvalue weighted by Crippen LogP contribution is 2.38. The number of rotatable bonds is 8. The van der Waals surface area contributed by atoms with Crippen molar-refractivity contribution in [3.8, 4) is 0 Å². The molecule has 5 nitrogen and oxygen atoms in total. The molecule has 35 heavy (non-hydrogen) atoms. The zero-order valence-electron chi connectivity index (χ0n) is 20.5. The van der Waals surface area contributed by atoms with E-state index in [-0.39, 0.29) is 18.5 Å². The number of carbonyl (C=O) groups is 1. The van der Waals surface area contributed by atoms with Crippen molar-refractivity contribution in [2.75, 3.05) is 6.54 Å². The van der Waals surface area contributed by atoms with Crippen LogP contribution >= 0.6 is 15.9 Å². The summed E-state index contributed by atoms with van der Waals surface area (Å²) < 4.78 is 33.9. The van der Waals surface area contributed by atoms with Crippen LogP contribution in [0.5, 0.6) is 0 Å². The summed E-state index contributed by atoms with van der Waals surface area (Å²) in [4.78, 5) is 12.5. The lowest BCUT2D eigenvalue weighted by molar-refractivity contribution is 0.0408. The largest absolute Gasteiger partial charge is 0.444 e. The number of halogens is 3. The van der Waals surface area contributed by atoms with Crippen LogP contribution in [0.2, 0.25) is 0 Å². The Morgan fingerprint density at radius 3 is 2.37 bits per heavy atom. The molecule has 3 rings (SSSR count). The van der Waals surface area contributed by atoms with E-state index in [0.29, 0.717) is 5.56 Å². The van der Waals surface area contributed by atoms with Crippen LogP contribution in [0.1, 0.15) is 64.0 Å². The van der Waals surface area contributed by atoms with Gasteiger partial charge in [0.25, 0.3) is 0 Å². The van der Waals surface area contributed by atoms with Crippen molar-refractivity contribution >= 4 is 22.0 Å². The number of hydrogen-bond donors (Lipinski definition) is 3. The smallest absolute Gasteiger partial charge is 0.407 e. The van der Waals surface area contributed by atoms with Gasteiger partial charge in [0, 0.05) is 22.6 Å². The number of amides is 1. The van der Waals surface area contributed by atoms with Gasteiger partial charge in [0.05, 0.1) is 12.1 Å². The van der Waals surface area contributed by atoms with E-state index in [2.05, 4.69) is 38.7 Å². The number of nitrogens with one attached hydrogen (secondary N) is 2. The Bertz CT molecular complexity index is 986. The first-order chi connectivity index (χ1) is 16.5. The summed E-state index contributed by atoms with van der Waals surface area (Å²) in [7, 11) is 0. The zero-order valence-corrected chi connectivity index (χ0v) is 22.1. The lowest BCUT2D eigenvalue weighted by Crippen LogP contribution is -2.53. The third kappa shape index (κ3) is 8.26. The fourth-order valence-electron chi connectivity index (χ4n) is 4.68. The fourth-order valence-corrected chi connectivity index (χ4v) is 5.08. The van der Waals surface area contributed by atoms with Crippen LogP contribution in [0.25, 0.3) is 0 Å². The van der Waals surface area contributed by atoms with Gasteiger partial charge in [0.15, 0.2) is 0 Å². The van der Waals surface area contributed by atoms with E-state index in [1.165, 1.54) is 12.1 Å². The molecule has 1 fully saturated rings. The number of ether oxygens (including phenoxy) is 1. The Balaban J connectivity index is 1.79. The Morgan fingerprint density at radius 1 is 1.11 bits per heavy atom. The molecule has 0 heterocycles. The fraction of sp³-hybridized carbons (Fsp3) is 0.519. The van der Waals surface area contributed by atoms with Gasteiger partial charge in [-0.15, -0.1) is 0 Å². The van der Waals surface area contributed by atoms with Crippen LogP contribution in [0, 0.1) is 11.6 Å². The molecule has 0 spiro atoms. The summed E-state index contributed by atoms with van der Waals surface area (Å²) in [5.41, 5.74) is 0.449. The topological polar surface area (TPSA) is 70.6 Å². The van der Waals surface area contributed by atoms with Crippen LogP contribution in [0.15, 0.2) is 46.9 Å². The molecule has 1 amide bonds. The molecule has 1 aliphatic rings. The van der Waals surface area contributed by atoms with E-state index in [4.69, 9.17) is 4.74 Å². The summed E-state index contributed by atoms with van der Waals surface area (Å²) in [6, 6.07) is 10.5. The quantitative estimate of drug-likeness (QED) is 0.377.